The second-order valence-corrected chi connectivity index (χ2v) is 4.50. The predicted molar refractivity (Wildman–Crippen MR) is 78.2 cm³/mol. The Kier molecular flexibility index (Phi) is 5.05. The van der Waals surface area contributed by atoms with Gasteiger partial charge in [0.2, 0.25) is 5.88 Å². The van der Waals surface area contributed by atoms with Crippen LogP contribution in [0.5, 0.6) is 11.6 Å². The van der Waals surface area contributed by atoms with Gasteiger partial charge in [-0.1, -0.05) is 6.07 Å². The zero-order valence-corrected chi connectivity index (χ0v) is 12.6. The highest BCUT2D eigenvalue weighted by Gasteiger charge is 2.32. The van der Waals surface area contributed by atoms with Crippen LogP contribution in [-0.2, 0) is 6.18 Å². The minimum absolute atomic E-state index is 0.0317. The Balaban J connectivity index is 2.25. The number of nitrogens with zero attached hydrogens (tertiary/aromatic N) is 2. The molecule has 0 spiro atoms. The number of nitrogens with one attached hydrogen (secondary N) is 1. The third-order valence-electron chi connectivity index (χ3n) is 2.79. The maximum atomic E-state index is 12.6. The summed E-state index contributed by atoms with van der Waals surface area (Å²) >= 11 is 0. The van der Waals surface area contributed by atoms with E-state index in [2.05, 4.69) is 20.0 Å². The second-order valence-electron chi connectivity index (χ2n) is 4.50. The number of ether oxygens (including phenoxy) is 2. The van der Waals surface area contributed by atoms with Crippen LogP contribution >= 0.6 is 0 Å². The normalized spacial score (nSPS) is 10.9. The zero-order valence-electron chi connectivity index (χ0n) is 12.6. The van der Waals surface area contributed by atoms with E-state index in [0.717, 1.165) is 24.4 Å². The number of primary amides is 1. The Morgan fingerprint density at radius 3 is 2.60 bits per heavy atom. The third kappa shape index (κ3) is 4.56. The summed E-state index contributed by atoms with van der Waals surface area (Å²) in [5.41, 5.74) is 3.58. The number of nitrogens with two attached hydrogens (primary N) is 1. The molecule has 25 heavy (non-hydrogen) atoms. The van der Waals surface area contributed by atoms with Crippen LogP contribution in [0.2, 0.25) is 0 Å². The first-order chi connectivity index (χ1) is 11.7. The lowest BCUT2D eigenvalue weighted by molar-refractivity contribution is -0.141. The van der Waals surface area contributed by atoms with Crippen LogP contribution in [0.3, 0.4) is 0 Å². The van der Waals surface area contributed by atoms with Gasteiger partial charge >= 0.3 is 12.3 Å². The fourth-order valence-corrected chi connectivity index (χ4v) is 1.76. The smallest absolute Gasteiger partial charge is 0.433 e. The summed E-state index contributed by atoms with van der Waals surface area (Å²) in [4.78, 5) is 29.9. The van der Waals surface area contributed by atoms with E-state index in [1.54, 1.807) is 0 Å². The van der Waals surface area contributed by atoms with Gasteiger partial charge in [-0.05, 0) is 12.1 Å². The number of carbonyl (C=O) groups excluding carboxylic acids is 2. The lowest BCUT2D eigenvalue weighted by atomic mass is 10.2. The summed E-state index contributed by atoms with van der Waals surface area (Å²) < 4.78 is 47.4. The highest BCUT2D eigenvalue weighted by atomic mass is 19.4. The first kappa shape index (κ1) is 18.0. The van der Waals surface area contributed by atoms with Crippen molar-refractivity contribution >= 4 is 17.8 Å². The number of aromatic nitrogens is 2. The van der Waals surface area contributed by atoms with Crippen molar-refractivity contribution < 1.29 is 32.2 Å². The molecule has 0 bridgehead atoms. The number of pyridine rings is 2. The molecule has 0 atom stereocenters. The minimum atomic E-state index is -4.65. The number of anilines is 1. The monoisotopic (exact) mass is 356 g/mol. The van der Waals surface area contributed by atoms with Crippen molar-refractivity contribution in [2.75, 3.05) is 12.4 Å². The fourth-order valence-electron chi connectivity index (χ4n) is 1.76. The van der Waals surface area contributed by atoms with E-state index in [0.29, 0.717) is 0 Å². The largest absolute Gasteiger partial charge is 0.496 e. The number of amides is 2. The summed E-state index contributed by atoms with van der Waals surface area (Å²) in [7, 11) is 1.24. The van der Waals surface area contributed by atoms with Gasteiger partial charge < -0.3 is 20.5 Å². The summed E-state index contributed by atoms with van der Waals surface area (Å²) in [6.45, 7) is 0. The molecule has 132 valence electrons. The van der Waals surface area contributed by atoms with Crippen molar-refractivity contribution in [3.05, 3.63) is 41.7 Å². The number of halogens is 3. The Hall–Kier alpha value is -3.37. The molecule has 8 nitrogen and oxygen atoms in total. The molecule has 2 aromatic rings. The molecule has 0 aliphatic rings. The highest BCUT2D eigenvalue weighted by Crippen LogP contribution is 2.28. The molecule has 3 N–H and O–H groups in total. The van der Waals surface area contributed by atoms with E-state index in [4.69, 9.17) is 10.5 Å². The van der Waals surface area contributed by atoms with Gasteiger partial charge in [-0.15, -0.1) is 0 Å². The lowest BCUT2D eigenvalue weighted by Gasteiger charge is -2.11. The molecule has 0 saturated carbocycles. The highest BCUT2D eigenvalue weighted by molar-refractivity contribution is 6.05. The summed E-state index contributed by atoms with van der Waals surface area (Å²) in [6.07, 6.45) is -4.74. The van der Waals surface area contributed by atoms with Gasteiger partial charge in [0.25, 0.3) is 5.91 Å². The van der Waals surface area contributed by atoms with Crippen LogP contribution in [0.15, 0.2) is 30.5 Å². The number of rotatable bonds is 4. The molecular formula is C14H11F3N4O4. The van der Waals surface area contributed by atoms with Crippen molar-refractivity contribution in [3.8, 4) is 11.6 Å². The number of carbonyl (C=O) groups is 2. The quantitative estimate of drug-likeness (QED) is 0.868. The molecule has 0 radical (unpaired) electrons. The number of hydrogen-bond acceptors (Lipinski definition) is 6. The number of methoxy groups -OCH3 is 1. The van der Waals surface area contributed by atoms with Gasteiger partial charge in [-0.3, -0.25) is 4.79 Å². The van der Waals surface area contributed by atoms with Gasteiger partial charge in [0.05, 0.1) is 7.11 Å². The summed E-state index contributed by atoms with van der Waals surface area (Å²) in [6, 6.07) is 4.19. The fraction of sp³-hybridized carbons (Fsp3) is 0.143. The molecule has 0 unspecified atom stereocenters. The van der Waals surface area contributed by atoms with Gasteiger partial charge in [0, 0.05) is 12.3 Å². The molecule has 2 aromatic heterocycles. The van der Waals surface area contributed by atoms with Gasteiger partial charge in [0.15, 0.2) is 0 Å². The predicted octanol–water partition coefficient (Wildman–Crippen LogP) is 2.21. The average Bonchev–Trinajstić information content (AvgIpc) is 2.53. The molecule has 2 heterocycles. The average molecular weight is 356 g/mol. The molecule has 0 aliphatic heterocycles. The van der Waals surface area contributed by atoms with Crippen molar-refractivity contribution in [2.24, 2.45) is 5.73 Å². The van der Waals surface area contributed by atoms with Crippen molar-refractivity contribution in [2.45, 2.75) is 6.18 Å². The number of hydrogen-bond donors (Lipinski definition) is 2. The zero-order chi connectivity index (χ0) is 18.6. The second kappa shape index (κ2) is 7.03. The Labute approximate surface area is 138 Å². The van der Waals surface area contributed by atoms with Gasteiger partial charge in [0.1, 0.15) is 22.8 Å². The van der Waals surface area contributed by atoms with Crippen LogP contribution in [-0.4, -0.2) is 29.1 Å². The number of alkyl halides is 3. The van der Waals surface area contributed by atoms with E-state index >= 15 is 0 Å². The molecular weight excluding hydrogens is 345 g/mol. The Morgan fingerprint density at radius 1 is 1.28 bits per heavy atom. The molecule has 0 aromatic carbocycles. The van der Waals surface area contributed by atoms with E-state index < -0.39 is 23.9 Å². The van der Waals surface area contributed by atoms with E-state index in [9.17, 15) is 22.8 Å². The van der Waals surface area contributed by atoms with Crippen LogP contribution < -0.4 is 20.5 Å². The molecule has 0 saturated heterocycles. The first-order valence-electron chi connectivity index (χ1n) is 6.57. The maximum Gasteiger partial charge on any atom is 0.433 e. The molecule has 2 rings (SSSR count). The van der Waals surface area contributed by atoms with E-state index in [1.165, 1.54) is 13.2 Å². The van der Waals surface area contributed by atoms with Gasteiger partial charge in [-0.2, -0.15) is 13.2 Å². The first-order valence-corrected chi connectivity index (χ1v) is 6.57. The van der Waals surface area contributed by atoms with E-state index in [-0.39, 0.29) is 23.0 Å². The van der Waals surface area contributed by atoms with Crippen LogP contribution in [0, 0.1) is 0 Å². The summed E-state index contributed by atoms with van der Waals surface area (Å²) in [5, 5.41) is 2.20. The standard InChI is InChI=1S/C14H11F3N4O4/c1-24-8-5-11(25-13(18)23)19-6-7(8)12(22)21-10-4-2-3-9(20-10)14(15,16)17/h2-6H,1H3,(H2,18,23)(H,20,21,22). The van der Waals surface area contributed by atoms with Crippen molar-refractivity contribution in [3.63, 3.8) is 0 Å². The van der Waals surface area contributed by atoms with Crippen LogP contribution in [0.4, 0.5) is 23.8 Å². The molecule has 2 amide bonds. The van der Waals surface area contributed by atoms with E-state index in [1.807, 2.05) is 0 Å². The molecule has 0 fully saturated rings. The Morgan fingerprint density at radius 2 is 2.00 bits per heavy atom. The van der Waals surface area contributed by atoms with Crippen molar-refractivity contribution in [1.82, 2.24) is 9.97 Å². The summed E-state index contributed by atoms with van der Waals surface area (Å²) in [5.74, 6) is -1.37. The molecule has 11 heteroatoms. The SMILES string of the molecule is COc1cc(OC(N)=O)ncc1C(=O)Nc1cccc(C(F)(F)F)n1. The lowest BCUT2D eigenvalue weighted by Crippen LogP contribution is -2.18. The Bertz CT molecular complexity index is 811. The third-order valence-corrected chi connectivity index (χ3v) is 2.79. The van der Waals surface area contributed by atoms with Gasteiger partial charge in [-0.25, -0.2) is 14.8 Å². The maximum absolute atomic E-state index is 12.6. The van der Waals surface area contributed by atoms with Crippen LogP contribution in [0.25, 0.3) is 0 Å². The minimum Gasteiger partial charge on any atom is -0.496 e. The topological polar surface area (TPSA) is 116 Å². The van der Waals surface area contributed by atoms with Crippen LogP contribution in [0.1, 0.15) is 16.1 Å². The molecule has 0 aliphatic carbocycles. The van der Waals surface area contributed by atoms with Crippen molar-refractivity contribution in [1.29, 1.82) is 0 Å².